The molecule has 3 aromatic carbocycles. The Morgan fingerprint density at radius 3 is 2.30 bits per heavy atom. The van der Waals surface area contributed by atoms with Crippen LogP contribution < -0.4 is 9.79 Å². The Hall–Kier alpha value is -3.33. The lowest BCUT2D eigenvalue weighted by Gasteiger charge is -2.21. The number of phenols is 1. The van der Waals surface area contributed by atoms with E-state index in [1.807, 2.05) is 0 Å². The van der Waals surface area contributed by atoms with E-state index in [9.17, 15) is 14.5 Å². The molecule has 4 aromatic rings. The van der Waals surface area contributed by atoms with E-state index in [1.54, 1.807) is 60.7 Å². The fraction of sp³-hybridized carbons (Fsp3) is 0. The number of aromatic nitrogens is 2. The second kappa shape index (κ2) is 7.83. The molecule has 0 aliphatic rings. The summed E-state index contributed by atoms with van der Waals surface area (Å²) in [6.45, 7) is 0. The van der Waals surface area contributed by atoms with Gasteiger partial charge in [0, 0.05) is 16.0 Å². The molecule has 0 bridgehead atoms. The second-order valence-corrected chi connectivity index (χ2v) is 8.91. The third kappa shape index (κ3) is 4.02. The van der Waals surface area contributed by atoms with Crippen LogP contribution in [0.25, 0.3) is 11.0 Å². The number of anilines is 3. The third-order valence-electron chi connectivity index (χ3n) is 4.28. The number of nitrogens with one attached hydrogen (secondary N) is 1. The number of nitrogens with zero attached hydrogens (tertiary/aromatic N) is 3. The summed E-state index contributed by atoms with van der Waals surface area (Å²) in [7, 11) is -3.04. The molecule has 0 amide bonds. The predicted octanol–water partition coefficient (Wildman–Crippen LogP) is 4.62. The lowest BCUT2D eigenvalue weighted by molar-refractivity contribution is 0.298. The standard InChI is InChI=1S/C21H17ClN4O3S/c1-30(29,17-11-9-14(22)10-12-17)25-20-21(24-19-8-3-2-7-18(19)23-20)26(28)15-5-4-6-16(27)13-15/h2-13,27-28H,1H2,(H,23,25,29). The molecular formula is C21H17ClN4O3S. The summed E-state index contributed by atoms with van der Waals surface area (Å²) < 4.78 is 16.1. The molecule has 0 radical (unpaired) electrons. The highest BCUT2D eigenvalue weighted by molar-refractivity contribution is 8.01. The lowest BCUT2D eigenvalue weighted by atomic mass is 10.3. The highest BCUT2D eigenvalue weighted by Crippen LogP contribution is 2.32. The van der Waals surface area contributed by atoms with E-state index in [-0.39, 0.29) is 23.1 Å². The summed E-state index contributed by atoms with van der Waals surface area (Å²) in [4.78, 5) is 9.37. The van der Waals surface area contributed by atoms with Crippen LogP contribution in [0.1, 0.15) is 0 Å². The molecule has 152 valence electrons. The highest BCUT2D eigenvalue weighted by atomic mass is 35.5. The molecule has 4 rings (SSSR count). The van der Waals surface area contributed by atoms with Crippen molar-refractivity contribution in [2.45, 2.75) is 4.90 Å². The Morgan fingerprint density at radius 1 is 0.967 bits per heavy atom. The molecule has 3 N–H and O–H groups in total. The SMILES string of the molecule is C=S(=O)(Nc1nc2ccccc2nc1N(O)c1cccc(O)c1)c1ccc(Cl)cc1. The van der Waals surface area contributed by atoms with Gasteiger partial charge in [0.15, 0.2) is 5.82 Å². The first-order chi connectivity index (χ1) is 14.3. The number of phenolic OH excluding ortho intramolecular Hbond substituents is 1. The maximum atomic E-state index is 13.3. The van der Waals surface area contributed by atoms with E-state index >= 15 is 0 Å². The zero-order valence-electron chi connectivity index (χ0n) is 15.6. The van der Waals surface area contributed by atoms with Crippen molar-refractivity contribution in [2.24, 2.45) is 0 Å². The normalized spacial score (nSPS) is 13.0. The van der Waals surface area contributed by atoms with E-state index in [4.69, 9.17) is 11.6 Å². The number of aromatic hydroxyl groups is 1. The minimum atomic E-state index is -3.04. The Labute approximate surface area is 178 Å². The van der Waals surface area contributed by atoms with Gasteiger partial charge in [0.2, 0.25) is 5.82 Å². The van der Waals surface area contributed by atoms with Gasteiger partial charge in [-0.1, -0.05) is 29.8 Å². The molecule has 0 saturated heterocycles. The van der Waals surface area contributed by atoms with Gasteiger partial charge in [-0.05, 0) is 54.4 Å². The van der Waals surface area contributed by atoms with Gasteiger partial charge in [-0.15, -0.1) is 0 Å². The average molecular weight is 441 g/mol. The van der Waals surface area contributed by atoms with Crippen LogP contribution in [-0.4, -0.2) is 30.4 Å². The van der Waals surface area contributed by atoms with Crippen molar-refractivity contribution in [3.63, 3.8) is 0 Å². The van der Waals surface area contributed by atoms with Crippen LogP contribution in [-0.2, 0) is 9.71 Å². The fourth-order valence-electron chi connectivity index (χ4n) is 2.82. The van der Waals surface area contributed by atoms with Crippen LogP contribution in [0.4, 0.5) is 17.3 Å². The predicted molar refractivity (Wildman–Crippen MR) is 120 cm³/mol. The van der Waals surface area contributed by atoms with E-state index in [1.165, 1.54) is 12.1 Å². The minimum absolute atomic E-state index is 0.00429. The van der Waals surface area contributed by atoms with Crippen molar-refractivity contribution < 1.29 is 14.5 Å². The number of halogens is 1. The van der Waals surface area contributed by atoms with Gasteiger partial charge >= 0.3 is 0 Å². The summed E-state index contributed by atoms with van der Waals surface area (Å²) in [5.41, 5.74) is 1.32. The number of hydrogen-bond donors (Lipinski definition) is 3. The van der Waals surface area contributed by atoms with Crippen molar-refractivity contribution in [3.8, 4) is 5.75 Å². The Balaban J connectivity index is 1.83. The molecule has 7 nitrogen and oxygen atoms in total. The number of fused-ring (bicyclic) bond motifs is 1. The largest absolute Gasteiger partial charge is 0.508 e. The van der Waals surface area contributed by atoms with Crippen LogP contribution in [0.5, 0.6) is 5.75 Å². The molecule has 0 fully saturated rings. The molecule has 1 atom stereocenters. The van der Waals surface area contributed by atoms with Crippen molar-refractivity contribution in [1.82, 2.24) is 9.97 Å². The third-order valence-corrected chi connectivity index (χ3v) is 6.09. The zero-order chi connectivity index (χ0) is 21.3. The van der Waals surface area contributed by atoms with Crippen LogP contribution in [0.3, 0.4) is 0 Å². The van der Waals surface area contributed by atoms with Gasteiger partial charge in [0.25, 0.3) is 0 Å². The lowest BCUT2D eigenvalue weighted by Crippen LogP contribution is -2.20. The van der Waals surface area contributed by atoms with Crippen molar-refractivity contribution >= 4 is 55.5 Å². The first-order valence-corrected chi connectivity index (χ1v) is 10.9. The minimum Gasteiger partial charge on any atom is -0.508 e. The highest BCUT2D eigenvalue weighted by Gasteiger charge is 2.20. The Bertz CT molecular complexity index is 1330. The fourth-order valence-corrected chi connectivity index (χ4v) is 4.09. The van der Waals surface area contributed by atoms with Crippen LogP contribution in [0.2, 0.25) is 5.02 Å². The van der Waals surface area contributed by atoms with E-state index in [0.29, 0.717) is 21.0 Å². The van der Waals surface area contributed by atoms with Gasteiger partial charge in [-0.25, -0.2) is 19.2 Å². The molecule has 30 heavy (non-hydrogen) atoms. The second-order valence-electron chi connectivity index (χ2n) is 6.45. The van der Waals surface area contributed by atoms with Crippen LogP contribution in [0, 0.1) is 0 Å². The molecule has 0 saturated carbocycles. The molecule has 1 unspecified atom stereocenters. The Kier molecular flexibility index (Phi) is 5.21. The van der Waals surface area contributed by atoms with Gasteiger partial charge in [0.05, 0.1) is 26.4 Å². The number of rotatable bonds is 5. The number of hydrogen-bond acceptors (Lipinski definition) is 6. The molecule has 9 heteroatoms. The topological polar surface area (TPSA) is 98.6 Å². The summed E-state index contributed by atoms with van der Waals surface area (Å²) >= 11 is 5.92. The maximum absolute atomic E-state index is 13.3. The molecular weight excluding hydrogens is 424 g/mol. The van der Waals surface area contributed by atoms with Gasteiger partial charge in [0.1, 0.15) is 5.75 Å². The molecule has 1 aromatic heterocycles. The molecule has 0 spiro atoms. The quantitative estimate of drug-likeness (QED) is 0.309. The first-order valence-electron chi connectivity index (χ1n) is 8.79. The van der Waals surface area contributed by atoms with E-state index in [0.717, 1.165) is 5.06 Å². The van der Waals surface area contributed by atoms with Crippen LogP contribution >= 0.6 is 11.6 Å². The van der Waals surface area contributed by atoms with Crippen LogP contribution in [0.15, 0.2) is 77.7 Å². The number of para-hydroxylation sites is 2. The van der Waals surface area contributed by atoms with E-state index in [2.05, 4.69) is 20.6 Å². The van der Waals surface area contributed by atoms with Crippen molar-refractivity contribution in [2.75, 3.05) is 9.79 Å². The van der Waals surface area contributed by atoms with Gasteiger partial charge in [-0.2, -0.15) is 0 Å². The first kappa shape index (κ1) is 20.0. The summed E-state index contributed by atoms with van der Waals surface area (Å²) in [6.07, 6.45) is 0. The monoisotopic (exact) mass is 440 g/mol. The van der Waals surface area contributed by atoms with Gasteiger partial charge in [-0.3, -0.25) is 9.93 Å². The Morgan fingerprint density at radius 2 is 1.63 bits per heavy atom. The zero-order valence-corrected chi connectivity index (χ0v) is 17.1. The smallest absolute Gasteiger partial charge is 0.202 e. The van der Waals surface area contributed by atoms with Crippen molar-refractivity contribution in [1.29, 1.82) is 0 Å². The summed E-state index contributed by atoms with van der Waals surface area (Å²) in [5, 5.41) is 21.8. The average Bonchev–Trinajstić information content (AvgIpc) is 2.73. The van der Waals surface area contributed by atoms with E-state index < -0.39 is 9.71 Å². The summed E-state index contributed by atoms with van der Waals surface area (Å²) in [5.74, 6) is 3.84. The molecule has 1 heterocycles. The van der Waals surface area contributed by atoms with Crippen molar-refractivity contribution in [3.05, 3.63) is 77.8 Å². The molecule has 0 aliphatic carbocycles. The number of benzene rings is 3. The maximum Gasteiger partial charge on any atom is 0.202 e. The summed E-state index contributed by atoms with van der Waals surface area (Å²) in [6, 6.07) is 19.5. The molecule has 0 aliphatic heterocycles. The van der Waals surface area contributed by atoms with Gasteiger partial charge < -0.3 is 5.11 Å².